The van der Waals surface area contributed by atoms with E-state index in [1.54, 1.807) is 0 Å². The summed E-state index contributed by atoms with van der Waals surface area (Å²) in [4.78, 5) is 18.1. The molecule has 0 aliphatic rings. The van der Waals surface area contributed by atoms with E-state index < -0.39 is 5.97 Å². The van der Waals surface area contributed by atoms with Gasteiger partial charge in [0.25, 0.3) is 0 Å². The van der Waals surface area contributed by atoms with Crippen LogP contribution < -0.4 is 0 Å². The normalized spacial score (nSPS) is 10.4. The van der Waals surface area contributed by atoms with Crippen LogP contribution in [0.3, 0.4) is 0 Å². The molecule has 78 valence electrons. The van der Waals surface area contributed by atoms with E-state index in [0.717, 1.165) is 0 Å². The molecule has 0 atom stereocenters. The molecule has 8 nitrogen and oxygen atoms in total. The molecule has 2 aromatic heterocycles. The molecule has 0 amide bonds. The van der Waals surface area contributed by atoms with Gasteiger partial charge in [0.15, 0.2) is 5.82 Å². The van der Waals surface area contributed by atoms with Crippen LogP contribution in [0.2, 0.25) is 0 Å². The van der Waals surface area contributed by atoms with Crippen molar-refractivity contribution in [1.29, 1.82) is 0 Å². The van der Waals surface area contributed by atoms with Crippen LogP contribution >= 0.6 is 0 Å². The molecule has 8 heteroatoms. The van der Waals surface area contributed by atoms with Crippen LogP contribution in [-0.4, -0.2) is 36.4 Å². The number of aromatic amines is 1. The summed E-state index contributed by atoms with van der Waals surface area (Å²) >= 11 is 0. The van der Waals surface area contributed by atoms with E-state index in [1.807, 2.05) is 0 Å². The Balaban J connectivity index is 2.08. The average Bonchev–Trinajstić information content (AvgIpc) is 2.85. The van der Waals surface area contributed by atoms with Crippen LogP contribution in [0.5, 0.6) is 0 Å². The average molecular weight is 209 g/mol. The molecular weight excluding hydrogens is 202 g/mol. The van der Waals surface area contributed by atoms with Gasteiger partial charge in [0.1, 0.15) is 6.33 Å². The van der Waals surface area contributed by atoms with Crippen molar-refractivity contribution in [3.8, 4) is 11.6 Å². The number of aliphatic carboxylic acids is 1. The molecule has 0 unspecified atom stereocenters. The standard InChI is InChI=1S/C7H7N5O3/c13-5(14)2-1-4-10-7(12-15-4)6-8-3-9-11-6/h3H,1-2H2,(H,13,14)(H,8,9,11). The Bertz CT molecular complexity index is 449. The first-order valence-electron chi connectivity index (χ1n) is 4.16. The first kappa shape index (κ1) is 9.31. The van der Waals surface area contributed by atoms with E-state index in [2.05, 4.69) is 25.3 Å². The molecule has 0 saturated heterocycles. The van der Waals surface area contributed by atoms with Crippen molar-refractivity contribution in [2.45, 2.75) is 12.8 Å². The molecule has 2 heterocycles. The fraction of sp³-hybridized carbons (Fsp3) is 0.286. The lowest BCUT2D eigenvalue weighted by atomic mass is 10.3. The van der Waals surface area contributed by atoms with Crippen molar-refractivity contribution in [3.05, 3.63) is 12.2 Å². The second-order valence-electron chi connectivity index (χ2n) is 2.74. The Morgan fingerprint density at radius 2 is 2.47 bits per heavy atom. The van der Waals surface area contributed by atoms with Gasteiger partial charge in [-0.15, -0.1) is 0 Å². The summed E-state index contributed by atoms with van der Waals surface area (Å²) in [6.45, 7) is 0. The van der Waals surface area contributed by atoms with Crippen LogP contribution in [0.25, 0.3) is 11.6 Å². The number of carbonyl (C=O) groups is 1. The largest absolute Gasteiger partial charge is 0.481 e. The van der Waals surface area contributed by atoms with Gasteiger partial charge in [-0.25, -0.2) is 4.98 Å². The summed E-state index contributed by atoms with van der Waals surface area (Å²) in [6, 6.07) is 0. The van der Waals surface area contributed by atoms with Gasteiger partial charge in [0, 0.05) is 6.42 Å². The van der Waals surface area contributed by atoms with Crippen molar-refractivity contribution in [2.75, 3.05) is 0 Å². The number of rotatable bonds is 4. The van der Waals surface area contributed by atoms with Gasteiger partial charge in [0.2, 0.25) is 11.7 Å². The molecule has 15 heavy (non-hydrogen) atoms. The molecule has 2 N–H and O–H groups in total. The van der Waals surface area contributed by atoms with E-state index in [0.29, 0.717) is 5.82 Å². The number of aromatic nitrogens is 5. The lowest BCUT2D eigenvalue weighted by Crippen LogP contribution is -1.97. The number of nitrogens with zero attached hydrogens (tertiary/aromatic N) is 4. The molecular formula is C7H7N5O3. The van der Waals surface area contributed by atoms with Crippen molar-refractivity contribution in [3.63, 3.8) is 0 Å². The third-order valence-electron chi connectivity index (χ3n) is 1.65. The summed E-state index contributed by atoms with van der Waals surface area (Å²) < 4.78 is 4.83. The number of H-pyrrole nitrogens is 1. The van der Waals surface area contributed by atoms with E-state index >= 15 is 0 Å². The highest BCUT2D eigenvalue weighted by atomic mass is 16.5. The van der Waals surface area contributed by atoms with Crippen molar-refractivity contribution >= 4 is 5.97 Å². The van der Waals surface area contributed by atoms with Crippen LogP contribution in [0.15, 0.2) is 10.9 Å². The summed E-state index contributed by atoms with van der Waals surface area (Å²) in [6.07, 6.45) is 1.48. The Labute approximate surface area is 83.3 Å². The zero-order valence-corrected chi connectivity index (χ0v) is 7.54. The van der Waals surface area contributed by atoms with Crippen molar-refractivity contribution in [1.82, 2.24) is 25.3 Å². The van der Waals surface area contributed by atoms with Gasteiger partial charge in [0.05, 0.1) is 6.42 Å². The highest BCUT2D eigenvalue weighted by Crippen LogP contribution is 2.09. The third-order valence-corrected chi connectivity index (χ3v) is 1.65. The van der Waals surface area contributed by atoms with E-state index in [9.17, 15) is 4.79 Å². The number of hydrogen-bond donors (Lipinski definition) is 2. The molecule has 0 bridgehead atoms. The third kappa shape index (κ3) is 2.16. The minimum absolute atomic E-state index is 0.0436. The molecule has 2 rings (SSSR count). The number of carboxylic acid groups (broad SMARTS) is 1. The van der Waals surface area contributed by atoms with Gasteiger partial charge in [-0.2, -0.15) is 10.1 Å². The van der Waals surface area contributed by atoms with Crippen molar-refractivity contribution < 1.29 is 14.4 Å². The summed E-state index contributed by atoms with van der Waals surface area (Å²) in [5.41, 5.74) is 0. The van der Waals surface area contributed by atoms with Crippen LogP contribution in [0.4, 0.5) is 0 Å². The second-order valence-corrected chi connectivity index (χ2v) is 2.74. The maximum Gasteiger partial charge on any atom is 0.303 e. The molecule has 0 aliphatic carbocycles. The fourth-order valence-electron chi connectivity index (χ4n) is 0.980. The monoisotopic (exact) mass is 209 g/mol. The van der Waals surface area contributed by atoms with Crippen molar-refractivity contribution in [2.24, 2.45) is 0 Å². The van der Waals surface area contributed by atoms with E-state index in [4.69, 9.17) is 9.63 Å². The van der Waals surface area contributed by atoms with Crippen LogP contribution in [0, 0.1) is 0 Å². The minimum Gasteiger partial charge on any atom is -0.481 e. The van der Waals surface area contributed by atoms with Gasteiger partial charge in [-0.1, -0.05) is 5.16 Å². The van der Waals surface area contributed by atoms with Gasteiger partial charge < -0.3 is 9.63 Å². The predicted molar refractivity (Wildman–Crippen MR) is 45.6 cm³/mol. The lowest BCUT2D eigenvalue weighted by Gasteiger charge is -1.87. The Hall–Kier alpha value is -2.25. The van der Waals surface area contributed by atoms with E-state index in [-0.39, 0.29) is 24.6 Å². The second kappa shape index (κ2) is 3.86. The highest BCUT2D eigenvalue weighted by molar-refractivity contribution is 5.66. The maximum atomic E-state index is 10.3. The molecule has 0 radical (unpaired) electrons. The van der Waals surface area contributed by atoms with E-state index in [1.165, 1.54) is 6.33 Å². The number of carboxylic acids is 1. The first-order chi connectivity index (χ1) is 7.25. The molecule has 0 spiro atoms. The Morgan fingerprint density at radius 3 is 3.13 bits per heavy atom. The summed E-state index contributed by atoms with van der Waals surface area (Å²) in [7, 11) is 0. The van der Waals surface area contributed by atoms with Crippen LogP contribution in [-0.2, 0) is 11.2 Å². The number of nitrogens with one attached hydrogen (secondary N) is 1. The lowest BCUT2D eigenvalue weighted by molar-refractivity contribution is -0.137. The SMILES string of the molecule is O=C(O)CCc1nc(-c2ncn[nH]2)no1. The molecule has 0 fully saturated rings. The zero-order chi connectivity index (χ0) is 10.7. The van der Waals surface area contributed by atoms with Gasteiger partial charge >= 0.3 is 5.97 Å². The number of hydrogen-bond acceptors (Lipinski definition) is 6. The Morgan fingerprint density at radius 1 is 1.60 bits per heavy atom. The minimum atomic E-state index is -0.908. The topological polar surface area (TPSA) is 118 Å². The first-order valence-corrected chi connectivity index (χ1v) is 4.16. The smallest absolute Gasteiger partial charge is 0.303 e. The number of aryl methyl sites for hydroxylation is 1. The van der Waals surface area contributed by atoms with Crippen LogP contribution in [0.1, 0.15) is 12.3 Å². The Kier molecular flexibility index (Phi) is 2.40. The predicted octanol–water partition coefficient (Wildman–Crippen LogP) is -0.128. The van der Waals surface area contributed by atoms with Gasteiger partial charge in [-0.3, -0.25) is 9.89 Å². The highest BCUT2D eigenvalue weighted by Gasteiger charge is 2.11. The maximum absolute atomic E-state index is 10.3. The quantitative estimate of drug-likeness (QED) is 0.719. The molecule has 2 aromatic rings. The summed E-state index contributed by atoms with van der Waals surface area (Å²) in [5, 5.41) is 18.3. The molecule has 0 saturated carbocycles. The molecule has 0 aliphatic heterocycles. The molecule has 0 aromatic carbocycles. The van der Waals surface area contributed by atoms with Gasteiger partial charge in [-0.05, 0) is 0 Å². The zero-order valence-electron chi connectivity index (χ0n) is 7.54. The summed E-state index contributed by atoms with van der Waals surface area (Å²) in [5.74, 6) is 0.0198. The fourth-order valence-corrected chi connectivity index (χ4v) is 0.980.